The van der Waals surface area contributed by atoms with Crippen molar-refractivity contribution in [2.45, 2.75) is 102 Å². The molecule has 5 heteroatoms. The van der Waals surface area contributed by atoms with Crippen LogP contribution in [0, 0.1) is 0 Å². The molecule has 1 aliphatic heterocycles. The first kappa shape index (κ1) is 30.8. The number of benzene rings is 3. The third-order valence-electron chi connectivity index (χ3n) is 9.68. The number of hydrogen-bond donors (Lipinski definition) is 1. The number of carbonyl (C=O) groups excluding carboxylic acids is 1. The van der Waals surface area contributed by atoms with Crippen LogP contribution in [0.3, 0.4) is 0 Å². The summed E-state index contributed by atoms with van der Waals surface area (Å²) in [5.41, 5.74) is 1.44. The third-order valence-corrected chi connectivity index (χ3v) is 16.9. The van der Waals surface area contributed by atoms with E-state index in [0.29, 0.717) is 0 Å². The van der Waals surface area contributed by atoms with Crippen molar-refractivity contribution in [3.05, 3.63) is 90.0 Å². The number of unbranched alkanes of at least 4 members (excludes halogenated alkanes) is 2. The number of carboxylic acid groups (broad SMARTS) is 1. The number of Topliss-reactive ketones (excluding diaryl/α,β-unsaturated/α-hetero) is 1. The first-order valence-corrected chi connectivity index (χ1v) is 17.0. The molecule has 1 heterocycles. The highest BCUT2D eigenvalue weighted by molar-refractivity contribution is 7.06. The fourth-order valence-corrected chi connectivity index (χ4v) is 16.1. The molecule has 0 fully saturated rings. The summed E-state index contributed by atoms with van der Waals surface area (Å²) < 4.78 is 7.07. The van der Waals surface area contributed by atoms with E-state index in [1.807, 2.05) is 12.1 Å². The van der Waals surface area contributed by atoms with Crippen molar-refractivity contribution in [2.75, 3.05) is 0 Å². The van der Waals surface area contributed by atoms with Gasteiger partial charge in [0.05, 0.1) is 0 Å². The van der Waals surface area contributed by atoms with Gasteiger partial charge in [-0.05, 0) is 54.8 Å². The molecule has 1 aliphatic rings. The molecule has 1 N–H and O–H groups in total. The second-order valence-electron chi connectivity index (χ2n) is 13.3. The smallest absolute Gasteiger partial charge is 0.372 e. The predicted molar refractivity (Wildman–Crippen MR) is 170 cm³/mol. The Morgan fingerprint density at radius 2 is 1.46 bits per heavy atom. The number of ether oxygens (including phenoxy) is 1. The number of hydrogen-bond acceptors (Lipinski definition) is 3. The summed E-state index contributed by atoms with van der Waals surface area (Å²) in [6, 6.07) is 27.6. The Bertz CT molecular complexity index is 1330. The van der Waals surface area contributed by atoms with Gasteiger partial charge in [-0.1, -0.05) is 131 Å². The molecule has 0 aliphatic carbocycles. The van der Waals surface area contributed by atoms with Crippen LogP contribution in [-0.2, 0) is 16.0 Å². The quantitative estimate of drug-likeness (QED) is 0.155. The van der Waals surface area contributed by atoms with Gasteiger partial charge in [-0.2, -0.15) is 0 Å². The molecule has 2 atom stereocenters. The van der Waals surface area contributed by atoms with Crippen LogP contribution in [0.2, 0.25) is 10.1 Å². The molecule has 4 rings (SSSR count). The zero-order valence-corrected chi connectivity index (χ0v) is 26.8. The van der Waals surface area contributed by atoms with Gasteiger partial charge >= 0.3 is 5.97 Å². The SMILES string of the molecule is CCCCCc1ccc2c(c1)OC(C)(C)C(CC(=O)C(=O)O)([Si](c1ccccc1)(c1ccccc1)C(C)(C)C)C2C. The van der Waals surface area contributed by atoms with Crippen LogP contribution in [0.4, 0.5) is 0 Å². The zero-order chi connectivity index (χ0) is 30.1. The van der Waals surface area contributed by atoms with E-state index in [1.165, 1.54) is 28.8 Å². The molecule has 218 valence electrons. The van der Waals surface area contributed by atoms with Crippen LogP contribution in [-0.4, -0.2) is 30.5 Å². The maximum absolute atomic E-state index is 13.6. The number of carbonyl (C=O) groups is 2. The van der Waals surface area contributed by atoms with Crippen LogP contribution in [0.15, 0.2) is 78.9 Å². The molecule has 0 amide bonds. The van der Waals surface area contributed by atoms with Crippen molar-refractivity contribution in [1.82, 2.24) is 0 Å². The standard InChI is InChI=1S/C36H46O4Si/c1-8-9-12-17-27-22-23-30-26(2)36(25-31(37)33(38)39,35(6,7)40-32(30)24-27)41(34(3,4)5,28-18-13-10-14-19-28)29-20-15-11-16-21-29/h10-11,13-16,18-24,26H,8-9,12,17,25H2,1-7H3,(H,38,39). The molecule has 0 aromatic heterocycles. The van der Waals surface area contributed by atoms with Gasteiger partial charge in [-0.25, -0.2) is 4.79 Å². The Morgan fingerprint density at radius 3 is 1.95 bits per heavy atom. The fraction of sp³-hybridized carbons (Fsp3) is 0.444. The maximum atomic E-state index is 13.6. The van der Waals surface area contributed by atoms with E-state index in [9.17, 15) is 14.7 Å². The number of ketones is 1. The van der Waals surface area contributed by atoms with Gasteiger partial charge in [0.25, 0.3) is 0 Å². The second kappa shape index (κ2) is 11.6. The summed E-state index contributed by atoms with van der Waals surface area (Å²) in [7, 11) is -3.12. The average molecular weight is 571 g/mol. The van der Waals surface area contributed by atoms with Gasteiger partial charge in [0.2, 0.25) is 5.78 Å². The minimum atomic E-state index is -3.12. The summed E-state index contributed by atoms with van der Waals surface area (Å²) in [6.45, 7) is 15.4. The Kier molecular flexibility index (Phi) is 8.70. The molecule has 2 unspecified atom stereocenters. The lowest BCUT2D eigenvalue weighted by atomic mass is 9.71. The molecule has 3 aromatic carbocycles. The highest BCUT2D eigenvalue weighted by atomic mass is 28.3. The van der Waals surface area contributed by atoms with Crippen molar-refractivity contribution < 1.29 is 19.4 Å². The molecule has 0 bridgehead atoms. The zero-order valence-electron chi connectivity index (χ0n) is 25.8. The van der Waals surface area contributed by atoms with Crippen LogP contribution >= 0.6 is 0 Å². The average Bonchev–Trinajstić information content (AvgIpc) is 2.92. The molecule has 4 nitrogen and oxygen atoms in total. The number of aryl methyl sites for hydroxylation is 1. The fourth-order valence-electron chi connectivity index (χ4n) is 8.11. The van der Waals surface area contributed by atoms with E-state index in [-0.39, 0.29) is 17.4 Å². The number of aliphatic carboxylic acids is 1. The lowest BCUT2D eigenvalue weighted by Crippen LogP contribution is -2.78. The predicted octanol–water partition coefficient (Wildman–Crippen LogP) is 7.54. The number of rotatable bonds is 10. The van der Waals surface area contributed by atoms with E-state index < -0.39 is 30.5 Å². The molecule has 0 saturated carbocycles. The summed E-state index contributed by atoms with van der Waals surface area (Å²) in [5.74, 6) is -1.45. The monoisotopic (exact) mass is 570 g/mol. The van der Waals surface area contributed by atoms with Crippen molar-refractivity contribution in [1.29, 1.82) is 0 Å². The largest absolute Gasteiger partial charge is 0.487 e. The summed E-state index contributed by atoms with van der Waals surface area (Å²) in [5, 5.41) is 11.3. The Balaban J connectivity index is 2.12. The highest BCUT2D eigenvalue weighted by Crippen LogP contribution is 2.69. The lowest BCUT2D eigenvalue weighted by molar-refractivity contribution is -0.150. The number of carboxylic acids is 1. The van der Waals surface area contributed by atoms with Crippen LogP contribution in [0.25, 0.3) is 0 Å². The van der Waals surface area contributed by atoms with Gasteiger partial charge in [-0.15, -0.1) is 0 Å². The van der Waals surface area contributed by atoms with Gasteiger partial charge in [-0.3, -0.25) is 4.79 Å². The van der Waals surface area contributed by atoms with E-state index >= 15 is 0 Å². The lowest BCUT2D eigenvalue weighted by Gasteiger charge is -2.66. The van der Waals surface area contributed by atoms with E-state index in [1.54, 1.807) is 0 Å². The van der Waals surface area contributed by atoms with Crippen molar-refractivity contribution in [3.8, 4) is 5.75 Å². The molecular weight excluding hydrogens is 524 g/mol. The molecule has 41 heavy (non-hydrogen) atoms. The number of fused-ring (bicyclic) bond motifs is 1. The first-order valence-electron chi connectivity index (χ1n) is 15.0. The minimum absolute atomic E-state index is 0.110. The van der Waals surface area contributed by atoms with Crippen molar-refractivity contribution in [2.24, 2.45) is 0 Å². The van der Waals surface area contributed by atoms with Crippen molar-refractivity contribution >= 4 is 30.2 Å². The minimum Gasteiger partial charge on any atom is -0.487 e. The van der Waals surface area contributed by atoms with E-state index in [2.05, 4.69) is 115 Å². The Labute approximate surface area is 247 Å². The molecule has 0 spiro atoms. The van der Waals surface area contributed by atoms with Crippen LogP contribution in [0.5, 0.6) is 5.75 Å². The van der Waals surface area contributed by atoms with Gasteiger partial charge in [0, 0.05) is 11.5 Å². The van der Waals surface area contributed by atoms with Gasteiger partial charge < -0.3 is 9.84 Å². The molecule has 0 radical (unpaired) electrons. The molecule has 3 aromatic rings. The molecular formula is C36H46O4Si. The topological polar surface area (TPSA) is 63.6 Å². The highest BCUT2D eigenvalue weighted by Gasteiger charge is 2.72. The first-order chi connectivity index (χ1) is 19.3. The summed E-state index contributed by atoms with van der Waals surface area (Å²) in [4.78, 5) is 25.9. The van der Waals surface area contributed by atoms with E-state index in [4.69, 9.17) is 4.74 Å². The summed E-state index contributed by atoms with van der Waals surface area (Å²) in [6.07, 6.45) is 4.38. The van der Waals surface area contributed by atoms with Crippen molar-refractivity contribution in [3.63, 3.8) is 0 Å². The normalized spacial score (nSPS) is 20.1. The molecule has 0 saturated heterocycles. The third kappa shape index (κ3) is 5.07. The Morgan fingerprint density at radius 1 is 0.902 bits per heavy atom. The Hall–Kier alpha value is -3.18. The van der Waals surface area contributed by atoms with Crippen LogP contribution in [0.1, 0.15) is 91.2 Å². The van der Waals surface area contributed by atoms with Gasteiger partial charge in [0.1, 0.15) is 19.4 Å². The van der Waals surface area contributed by atoms with Crippen LogP contribution < -0.4 is 15.1 Å². The van der Waals surface area contributed by atoms with E-state index in [0.717, 1.165) is 24.2 Å². The second-order valence-corrected chi connectivity index (χ2v) is 18.3. The van der Waals surface area contributed by atoms with Gasteiger partial charge in [0.15, 0.2) is 0 Å². The maximum Gasteiger partial charge on any atom is 0.372 e. The summed E-state index contributed by atoms with van der Waals surface area (Å²) >= 11 is 0.